The Balaban J connectivity index is 1.69. The van der Waals surface area contributed by atoms with Crippen molar-refractivity contribution in [2.24, 2.45) is 0 Å². The molecule has 31 heavy (non-hydrogen) atoms. The fourth-order valence-corrected chi connectivity index (χ4v) is 3.38. The molecule has 0 fully saturated rings. The Kier molecular flexibility index (Phi) is 5.58. The van der Waals surface area contributed by atoms with Crippen LogP contribution in [0.1, 0.15) is 19.4 Å². The summed E-state index contributed by atoms with van der Waals surface area (Å²) in [5.41, 5.74) is 2.90. The SMILES string of the molecule is CCOC(=O)C(C)Oc1cc(C)c2c(=O)c(-c3cnn(-c4ccccc4)c3)coc2c1. The van der Waals surface area contributed by atoms with Crippen LogP contribution in [-0.4, -0.2) is 28.5 Å². The molecular weight excluding hydrogens is 396 g/mol. The lowest BCUT2D eigenvalue weighted by Gasteiger charge is -2.14. The van der Waals surface area contributed by atoms with Gasteiger partial charge in [-0.3, -0.25) is 4.79 Å². The molecule has 0 saturated carbocycles. The van der Waals surface area contributed by atoms with Gasteiger partial charge in [-0.25, -0.2) is 9.48 Å². The van der Waals surface area contributed by atoms with E-state index in [-0.39, 0.29) is 12.0 Å². The van der Waals surface area contributed by atoms with Gasteiger partial charge in [0.2, 0.25) is 5.43 Å². The highest BCUT2D eigenvalue weighted by molar-refractivity contribution is 5.85. The van der Waals surface area contributed by atoms with Crippen molar-refractivity contribution in [2.45, 2.75) is 26.9 Å². The van der Waals surface area contributed by atoms with Crippen molar-refractivity contribution in [3.05, 3.63) is 76.9 Å². The smallest absolute Gasteiger partial charge is 0.347 e. The lowest BCUT2D eigenvalue weighted by atomic mass is 10.1. The normalized spacial score (nSPS) is 12.0. The van der Waals surface area contributed by atoms with E-state index in [2.05, 4.69) is 5.10 Å². The maximum absolute atomic E-state index is 13.2. The number of hydrogen-bond acceptors (Lipinski definition) is 6. The Morgan fingerprint density at radius 3 is 2.74 bits per heavy atom. The third kappa shape index (κ3) is 4.07. The van der Waals surface area contributed by atoms with Gasteiger partial charge in [0.25, 0.3) is 0 Å². The highest BCUT2D eigenvalue weighted by Crippen LogP contribution is 2.27. The Morgan fingerprint density at radius 2 is 2.00 bits per heavy atom. The van der Waals surface area contributed by atoms with Gasteiger partial charge in [0.05, 0.1) is 29.4 Å². The average molecular weight is 418 g/mol. The zero-order chi connectivity index (χ0) is 22.0. The van der Waals surface area contributed by atoms with E-state index < -0.39 is 12.1 Å². The molecule has 1 atom stereocenters. The van der Waals surface area contributed by atoms with Gasteiger partial charge in [-0.2, -0.15) is 5.10 Å². The molecular formula is C24H22N2O5. The molecule has 1 unspecified atom stereocenters. The summed E-state index contributed by atoms with van der Waals surface area (Å²) in [6.07, 6.45) is 4.08. The first-order chi connectivity index (χ1) is 15.0. The van der Waals surface area contributed by atoms with Crippen LogP contribution in [0.4, 0.5) is 0 Å². The minimum Gasteiger partial charge on any atom is -0.479 e. The lowest BCUT2D eigenvalue weighted by Crippen LogP contribution is -2.26. The molecule has 0 radical (unpaired) electrons. The third-order valence-electron chi connectivity index (χ3n) is 4.89. The molecule has 0 aliphatic rings. The molecule has 158 valence electrons. The predicted molar refractivity (Wildman–Crippen MR) is 117 cm³/mol. The summed E-state index contributed by atoms with van der Waals surface area (Å²) in [5, 5.41) is 4.82. The second-order valence-electron chi connectivity index (χ2n) is 7.11. The molecule has 0 bridgehead atoms. The molecule has 2 heterocycles. The number of esters is 1. The van der Waals surface area contributed by atoms with E-state index in [0.29, 0.717) is 33.4 Å². The molecule has 7 nitrogen and oxygen atoms in total. The molecule has 0 saturated heterocycles. The van der Waals surface area contributed by atoms with Gasteiger partial charge in [-0.1, -0.05) is 18.2 Å². The molecule has 0 spiro atoms. The van der Waals surface area contributed by atoms with Gasteiger partial charge in [0, 0.05) is 17.8 Å². The number of carbonyl (C=O) groups excluding carboxylic acids is 1. The Bertz CT molecular complexity index is 1290. The quantitative estimate of drug-likeness (QED) is 0.435. The summed E-state index contributed by atoms with van der Waals surface area (Å²) >= 11 is 0. The molecule has 0 N–H and O–H groups in total. The number of aryl methyl sites for hydroxylation is 1. The van der Waals surface area contributed by atoms with Crippen LogP contribution in [0.15, 0.2) is 70.3 Å². The van der Waals surface area contributed by atoms with Gasteiger partial charge in [-0.15, -0.1) is 0 Å². The summed E-state index contributed by atoms with van der Waals surface area (Å²) < 4.78 is 18.1. The summed E-state index contributed by atoms with van der Waals surface area (Å²) in [4.78, 5) is 25.0. The number of nitrogens with zero attached hydrogens (tertiary/aromatic N) is 2. The van der Waals surface area contributed by atoms with E-state index in [0.717, 1.165) is 5.69 Å². The maximum Gasteiger partial charge on any atom is 0.347 e. The van der Waals surface area contributed by atoms with Crippen LogP contribution in [0, 0.1) is 6.92 Å². The van der Waals surface area contributed by atoms with Crippen molar-refractivity contribution in [2.75, 3.05) is 6.61 Å². The number of benzene rings is 2. The minimum absolute atomic E-state index is 0.156. The fourth-order valence-electron chi connectivity index (χ4n) is 3.38. The third-order valence-corrected chi connectivity index (χ3v) is 4.89. The van der Waals surface area contributed by atoms with Gasteiger partial charge in [0.1, 0.15) is 17.6 Å². The molecule has 4 aromatic rings. The van der Waals surface area contributed by atoms with E-state index in [1.807, 2.05) is 30.3 Å². The van der Waals surface area contributed by atoms with Crippen molar-refractivity contribution in [3.8, 4) is 22.6 Å². The first kappa shape index (κ1) is 20.4. The Hall–Kier alpha value is -3.87. The van der Waals surface area contributed by atoms with Crippen LogP contribution in [0.5, 0.6) is 5.75 Å². The summed E-state index contributed by atoms with van der Waals surface area (Å²) in [5.74, 6) is -0.0224. The van der Waals surface area contributed by atoms with Gasteiger partial charge >= 0.3 is 5.97 Å². The predicted octanol–water partition coefficient (Wildman–Crippen LogP) is 4.28. The van der Waals surface area contributed by atoms with Crippen molar-refractivity contribution in [1.82, 2.24) is 9.78 Å². The number of rotatable bonds is 6. The van der Waals surface area contributed by atoms with E-state index in [9.17, 15) is 9.59 Å². The van der Waals surface area contributed by atoms with Crippen molar-refractivity contribution in [3.63, 3.8) is 0 Å². The molecule has 0 amide bonds. The van der Waals surface area contributed by atoms with Crippen LogP contribution >= 0.6 is 0 Å². The van der Waals surface area contributed by atoms with E-state index in [1.165, 1.54) is 6.26 Å². The van der Waals surface area contributed by atoms with Crippen LogP contribution in [0.2, 0.25) is 0 Å². The first-order valence-corrected chi connectivity index (χ1v) is 9.98. The van der Waals surface area contributed by atoms with Crippen LogP contribution < -0.4 is 10.2 Å². The highest BCUT2D eigenvalue weighted by atomic mass is 16.6. The number of ether oxygens (including phenoxy) is 2. The zero-order valence-electron chi connectivity index (χ0n) is 17.5. The van der Waals surface area contributed by atoms with Gasteiger partial charge in [-0.05, 0) is 44.5 Å². The number of aromatic nitrogens is 2. The molecule has 2 aromatic heterocycles. The van der Waals surface area contributed by atoms with Crippen LogP contribution in [-0.2, 0) is 9.53 Å². The number of fused-ring (bicyclic) bond motifs is 1. The second-order valence-corrected chi connectivity index (χ2v) is 7.11. The lowest BCUT2D eigenvalue weighted by molar-refractivity contribution is -0.150. The zero-order valence-corrected chi connectivity index (χ0v) is 17.5. The maximum atomic E-state index is 13.2. The summed E-state index contributed by atoms with van der Waals surface area (Å²) in [6.45, 7) is 5.43. The minimum atomic E-state index is -0.772. The van der Waals surface area contributed by atoms with Crippen LogP contribution in [0.3, 0.4) is 0 Å². The van der Waals surface area contributed by atoms with E-state index >= 15 is 0 Å². The second kappa shape index (κ2) is 8.47. The average Bonchev–Trinajstić information content (AvgIpc) is 3.24. The largest absolute Gasteiger partial charge is 0.479 e. The Morgan fingerprint density at radius 1 is 1.23 bits per heavy atom. The molecule has 0 aliphatic carbocycles. The van der Waals surface area contributed by atoms with E-state index in [4.69, 9.17) is 13.9 Å². The number of carbonyl (C=O) groups is 1. The number of hydrogen-bond donors (Lipinski definition) is 0. The van der Waals surface area contributed by atoms with Crippen molar-refractivity contribution >= 4 is 16.9 Å². The molecule has 2 aromatic carbocycles. The Labute approximate surface area is 178 Å². The molecule has 4 rings (SSSR count). The number of para-hydroxylation sites is 1. The van der Waals surface area contributed by atoms with Crippen LogP contribution in [0.25, 0.3) is 27.8 Å². The molecule has 0 aliphatic heterocycles. The van der Waals surface area contributed by atoms with E-state index in [1.54, 1.807) is 50.0 Å². The first-order valence-electron chi connectivity index (χ1n) is 9.98. The van der Waals surface area contributed by atoms with Gasteiger partial charge < -0.3 is 13.9 Å². The standard InChI is InChI=1S/C24H22N2O5/c1-4-29-24(28)16(3)31-19-10-15(2)22-21(11-19)30-14-20(23(22)27)17-12-25-26(13-17)18-8-6-5-7-9-18/h5-14,16H,4H2,1-3H3. The summed E-state index contributed by atoms with van der Waals surface area (Å²) in [6, 6.07) is 13.0. The monoisotopic (exact) mass is 418 g/mol. The fraction of sp³-hybridized carbons (Fsp3) is 0.208. The summed E-state index contributed by atoms with van der Waals surface area (Å²) in [7, 11) is 0. The van der Waals surface area contributed by atoms with Crippen molar-refractivity contribution in [1.29, 1.82) is 0 Å². The molecule has 7 heteroatoms. The topological polar surface area (TPSA) is 83.6 Å². The van der Waals surface area contributed by atoms with Crippen molar-refractivity contribution < 1.29 is 18.7 Å². The highest BCUT2D eigenvalue weighted by Gasteiger charge is 2.18. The van der Waals surface area contributed by atoms with Gasteiger partial charge in [0.15, 0.2) is 6.10 Å².